The molecule has 0 spiro atoms. The lowest BCUT2D eigenvalue weighted by atomic mass is 10.2. The summed E-state index contributed by atoms with van der Waals surface area (Å²) in [5.41, 5.74) is 10.6. The molecule has 0 radical (unpaired) electrons. The molecule has 0 heterocycles. The van der Waals surface area contributed by atoms with Crippen LogP contribution in [0.25, 0.3) is 0 Å². The predicted molar refractivity (Wildman–Crippen MR) is 86.7 cm³/mol. The summed E-state index contributed by atoms with van der Waals surface area (Å²) < 4.78 is 0. The summed E-state index contributed by atoms with van der Waals surface area (Å²) in [6, 6.07) is 13.6. The molecular weight excluding hydrogens is 280 g/mol. The molecule has 0 aliphatic heterocycles. The van der Waals surface area contributed by atoms with Crippen molar-refractivity contribution < 1.29 is 9.59 Å². The molecule has 2 aromatic rings. The van der Waals surface area contributed by atoms with Gasteiger partial charge in [-0.25, -0.2) is 5.43 Å². The summed E-state index contributed by atoms with van der Waals surface area (Å²) in [5, 5.41) is 6.56. The van der Waals surface area contributed by atoms with Gasteiger partial charge >= 0.3 is 0 Å². The van der Waals surface area contributed by atoms with Crippen LogP contribution in [0, 0.1) is 0 Å². The monoisotopic (exact) mass is 296 g/mol. The van der Waals surface area contributed by atoms with Crippen LogP contribution in [0.4, 0.5) is 11.4 Å². The van der Waals surface area contributed by atoms with E-state index in [4.69, 9.17) is 5.73 Å². The van der Waals surface area contributed by atoms with E-state index in [-0.39, 0.29) is 11.8 Å². The lowest BCUT2D eigenvalue weighted by Crippen LogP contribution is -2.17. The average molecular weight is 296 g/mol. The minimum Gasteiger partial charge on any atom is -0.399 e. The van der Waals surface area contributed by atoms with Crippen molar-refractivity contribution in [3.63, 3.8) is 0 Å². The summed E-state index contributed by atoms with van der Waals surface area (Å²) >= 11 is 0. The smallest absolute Gasteiger partial charge is 0.271 e. The van der Waals surface area contributed by atoms with E-state index in [1.54, 1.807) is 48.5 Å². The number of hydrazone groups is 1. The Kier molecular flexibility index (Phi) is 4.87. The van der Waals surface area contributed by atoms with Crippen LogP contribution in [-0.4, -0.2) is 18.0 Å². The third-order valence-corrected chi connectivity index (χ3v) is 2.78. The predicted octanol–water partition coefficient (Wildman–Crippen LogP) is 1.99. The highest BCUT2D eigenvalue weighted by molar-refractivity contribution is 5.95. The van der Waals surface area contributed by atoms with E-state index >= 15 is 0 Å². The third kappa shape index (κ3) is 4.45. The van der Waals surface area contributed by atoms with Gasteiger partial charge in [0.1, 0.15) is 0 Å². The standard InChI is InChI=1S/C16H16N4O2/c1-11(21)19-15-8-2-12(3-9-15)10-18-20-16(22)13-4-6-14(17)7-5-13/h2-10H,17H2,1H3,(H,19,21)(H,20,22)/b18-10+. The van der Waals surface area contributed by atoms with E-state index in [9.17, 15) is 9.59 Å². The second kappa shape index (κ2) is 7.03. The van der Waals surface area contributed by atoms with Gasteiger partial charge in [-0.3, -0.25) is 9.59 Å². The Bertz CT molecular complexity index is 691. The number of amides is 2. The molecule has 0 atom stereocenters. The lowest BCUT2D eigenvalue weighted by Gasteiger charge is -2.02. The molecule has 2 rings (SSSR count). The highest BCUT2D eigenvalue weighted by Crippen LogP contribution is 2.08. The van der Waals surface area contributed by atoms with Crippen LogP contribution in [0.3, 0.4) is 0 Å². The van der Waals surface area contributed by atoms with Gasteiger partial charge in [0.05, 0.1) is 6.21 Å². The normalized spacial score (nSPS) is 10.4. The maximum atomic E-state index is 11.8. The van der Waals surface area contributed by atoms with Gasteiger partial charge in [-0.2, -0.15) is 5.10 Å². The van der Waals surface area contributed by atoms with Gasteiger partial charge < -0.3 is 11.1 Å². The number of benzene rings is 2. The lowest BCUT2D eigenvalue weighted by molar-refractivity contribution is -0.114. The highest BCUT2D eigenvalue weighted by Gasteiger charge is 2.02. The fourth-order valence-corrected chi connectivity index (χ4v) is 1.72. The molecule has 4 N–H and O–H groups in total. The van der Waals surface area contributed by atoms with Crippen molar-refractivity contribution in [2.24, 2.45) is 5.10 Å². The molecule has 0 saturated carbocycles. The molecule has 112 valence electrons. The first-order valence-electron chi connectivity index (χ1n) is 6.61. The summed E-state index contributed by atoms with van der Waals surface area (Å²) in [6.07, 6.45) is 1.52. The van der Waals surface area contributed by atoms with Crippen LogP contribution in [0.5, 0.6) is 0 Å². The number of hydrogen-bond donors (Lipinski definition) is 3. The average Bonchev–Trinajstić information content (AvgIpc) is 2.49. The first-order chi connectivity index (χ1) is 10.5. The topological polar surface area (TPSA) is 96.6 Å². The molecule has 0 saturated heterocycles. The van der Waals surface area contributed by atoms with E-state index < -0.39 is 0 Å². The third-order valence-electron chi connectivity index (χ3n) is 2.78. The molecule has 0 fully saturated rings. The number of rotatable bonds is 4. The Morgan fingerprint density at radius 1 is 1.05 bits per heavy atom. The molecule has 0 bridgehead atoms. The molecule has 0 aliphatic carbocycles. The SMILES string of the molecule is CC(=O)Nc1ccc(/C=N/NC(=O)c2ccc(N)cc2)cc1. The first kappa shape index (κ1) is 15.2. The summed E-state index contributed by atoms with van der Waals surface area (Å²) in [7, 11) is 0. The van der Waals surface area contributed by atoms with Crippen LogP contribution < -0.4 is 16.5 Å². The van der Waals surface area contributed by atoms with Gasteiger partial charge in [-0.05, 0) is 42.0 Å². The molecule has 0 aromatic heterocycles. The zero-order valence-corrected chi connectivity index (χ0v) is 12.0. The van der Waals surface area contributed by atoms with E-state index in [0.29, 0.717) is 16.9 Å². The Balaban J connectivity index is 1.93. The Hall–Kier alpha value is -3.15. The molecule has 2 amide bonds. The minimum absolute atomic E-state index is 0.128. The molecule has 22 heavy (non-hydrogen) atoms. The fraction of sp³-hybridized carbons (Fsp3) is 0.0625. The van der Waals surface area contributed by atoms with Gasteiger partial charge in [0, 0.05) is 23.9 Å². The van der Waals surface area contributed by atoms with Crippen molar-refractivity contribution in [3.8, 4) is 0 Å². The van der Waals surface area contributed by atoms with Crippen LogP contribution in [0.15, 0.2) is 53.6 Å². The summed E-state index contributed by atoms with van der Waals surface area (Å²) in [6.45, 7) is 1.45. The second-order valence-corrected chi connectivity index (χ2v) is 4.62. The molecule has 0 unspecified atom stereocenters. The number of hydrogen-bond acceptors (Lipinski definition) is 4. The van der Waals surface area contributed by atoms with Crippen LogP contribution >= 0.6 is 0 Å². The number of anilines is 2. The number of nitrogen functional groups attached to an aromatic ring is 1. The number of nitrogens with one attached hydrogen (secondary N) is 2. The van der Waals surface area contributed by atoms with E-state index in [2.05, 4.69) is 15.8 Å². The molecule has 0 aliphatic rings. The van der Waals surface area contributed by atoms with Crippen molar-refractivity contribution >= 4 is 29.4 Å². The van der Waals surface area contributed by atoms with Crippen LogP contribution in [0.1, 0.15) is 22.8 Å². The molecule has 6 heteroatoms. The quantitative estimate of drug-likeness (QED) is 0.457. The largest absolute Gasteiger partial charge is 0.399 e. The second-order valence-electron chi connectivity index (χ2n) is 4.62. The Morgan fingerprint density at radius 3 is 2.27 bits per heavy atom. The molecule has 2 aromatic carbocycles. The van der Waals surface area contributed by atoms with Gasteiger partial charge in [0.25, 0.3) is 5.91 Å². The zero-order valence-electron chi connectivity index (χ0n) is 12.0. The zero-order chi connectivity index (χ0) is 15.9. The van der Waals surface area contributed by atoms with Crippen molar-refractivity contribution in [1.82, 2.24) is 5.43 Å². The van der Waals surface area contributed by atoms with Crippen molar-refractivity contribution in [2.75, 3.05) is 11.1 Å². The van der Waals surface area contributed by atoms with E-state index in [1.165, 1.54) is 13.1 Å². The van der Waals surface area contributed by atoms with Crippen LogP contribution in [-0.2, 0) is 4.79 Å². The molecule has 6 nitrogen and oxygen atoms in total. The highest BCUT2D eigenvalue weighted by atomic mass is 16.2. The van der Waals surface area contributed by atoms with Crippen molar-refractivity contribution in [1.29, 1.82) is 0 Å². The van der Waals surface area contributed by atoms with Gasteiger partial charge in [0.2, 0.25) is 5.91 Å². The maximum Gasteiger partial charge on any atom is 0.271 e. The van der Waals surface area contributed by atoms with Crippen LogP contribution in [0.2, 0.25) is 0 Å². The first-order valence-corrected chi connectivity index (χ1v) is 6.61. The van der Waals surface area contributed by atoms with Gasteiger partial charge in [0.15, 0.2) is 0 Å². The van der Waals surface area contributed by atoms with E-state index in [1.807, 2.05) is 0 Å². The van der Waals surface area contributed by atoms with Crippen molar-refractivity contribution in [3.05, 3.63) is 59.7 Å². The van der Waals surface area contributed by atoms with Gasteiger partial charge in [-0.1, -0.05) is 12.1 Å². The summed E-state index contributed by atoms with van der Waals surface area (Å²) in [4.78, 5) is 22.7. The fourth-order valence-electron chi connectivity index (χ4n) is 1.72. The molecular formula is C16H16N4O2. The number of nitrogens with zero attached hydrogens (tertiary/aromatic N) is 1. The number of carbonyl (C=O) groups is 2. The Morgan fingerprint density at radius 2 is 1.68 bits per heavy atom. The number of nitrogens with two attached hydrogens (primary N) is 1. The Labute approximate surface area is 128 Å². The van der Waals surface area contributed by atoms with E-state index in [0.717, 1.165) is 5.56 Å². The summed E-state index contributed by atoms with van der Waals surface area (Å²) in [5.74, 6) is -0.441. The van der Waals surface area contributed by atoms with Gasteiger partial charge in [-0.15, -0.1) is 0 Å². The maximum absolute atomic E-state index is 11.8. The minimum atomic E-state index is -0.314. The van der Waals surface area contributed by atoms with Crippen molar-refractivity contribution in [2.45, 2.75) is 6.92 Å². The number of carbonyl (C=O) groups excluding carboxylic acids is 2.